The van der Waals surface area contributed by atoms with E-state index in [4.69, 9.17) is 0 Å². The van der Waals surface area contributed by atoms with Gasteiger partial charge in [-0.3, -0.25) is 0 Å². The predicted octanol–water partition coefficient (Wildman–Crippen LogP) is -1.09. The number of hydrogen-bond acceptors (Lipinski definition) is 4. The van der Waals surface area contributed by atoms with Crippen LogP contribution in [0.5, 0.6) is 0 Å². The van der Waals surface area contributed by atoms with E-state index in [9.17, 15) is 3.02 Å². The Morgan fingerprint density at radius 2 is 1.67 bits per heavy atom. The molecule has 3 aliphatic heterocycles. The van der Waals surface area contributed by atoms with Gasteiger partial charge in [0.15, 0.2) is 0 Å². The van der Waals surface area contributed by atoms with Crippen molar-refractivity contribution in [2.75, 3.05) is 0 Å². The van der Waals surface area contributed by atoms with Crippen LogP contribution in [-0.2, 0) is 6.29 Å². The summed E-state index contributed by atoms with van der Waals surface area (Å²) >= 11 is -5.60. The molecule has 0 aromatic carbocycles. The molecule has 0 amide bonds. The molecule has 3 saturated heterocycles. The molecule has 0 saturated carbocycles. The van der Waals surface area contributed by atoms with Gasteiger partial charge in [-0.15, -0.1) is 0 Å². The standard InChI is InChI=1S/Bi.4O.Sb. The van der Waals surface area contributed by atoms with Gasteiger partial charge in [-0.05, 0) is 0 Å². The number of hydrogen-bond donors (Lipinski definition) is 0. The fraction of sp³-hybridized carbons (Fsp3) is 0. The second-order valence-corrected chi connectivity index (χ2v) is 19.4. The van der Waals surface area contributed by atoms with E-state index in [1.54, 1.807) is 0 Å². The molecule has 0 aromatic rings. The topological polar surface area (TPSA) is 44.8 Å². The first-order chi connectivity index (χ1) is 2.79. The molecule has 6 heteroatoms. The minimum atomic E-state index is -3.48. The van der Waals surface area contributed by atoms with Crippen molar-refractivity contribution in [2.24, 2.45) is 0 Å². The van der Waals surface area contributed by atoms with Crippen molar-refractivity contribution in [1.29, 1.82) is 0 Å². The zero-order valence-corrected chi connectivity index (χ0v) is 8.56. The Labute approximate surface area is 49.0 Å². The molecule has 0 N–H and O–H groups in total. The molecule has 3 heterocycles. The van der Waals surface area contributed by atoms with Gasteiger partial charge in [0, 0.05) is 0 Å². The summed E-state index contributed by atoms with van der Waals surface area (Å²) in [5.74, 6) is 0. The second kappa shape index (κ2) is 1.03. The molecule has 0 radical (unpaired) electrons. The van der Waals surface area contributed by atoms with E-state index in [0.717, 1.165) is 0 Å². The third-order valence-corrected chi connectivity index (χ3v) is 29.4. The van der Waals surface area contributed by atoms with E-state index in [2.05, 4.69) is 3.28 Å². The molecular formula is BiO4Sb. The molecule has 3 aliphatic rings. The molecule has 4 nitrogen and oxygen atoms in total. The average Bonchev–Trinajstić information content (AvgIpc) is 1.24. The van der Waals surface area contributed by atoms with Crippen LogP contribution in [0.15, 0.2) is 0 Å². The Kier molecular flexibility index (Phi) is 0.736. The fourth-order valence-electron chi connectivity index (χ4n) is 0.263. The first kappa shape index (κ1) is 4.28. The molecule has 3 rings (SSSR count). The SMILES string of the molecule is [O]=[Sb]12[O][Bi]([O]1)[O]2. The van der Waals surface area contributed by atoms with E-state index in [1.807, 2.05) is 0 Å². The summed E-state index contributed by atoms with van der Waals surface area (Å²) in [5, 5.41) is 0. The first-order valence-corrected chi connectivity index (χ1v) is 9.71. The van der Waals surface area contributed by atoms with Crippen LogP contribution in [0, 0.1) is 0 Å². The second-order valence-electron chi connectivity index (χ2n) is 0.916. The summed E-state index contributed by atoms with van der Waals surface area (Å²) < 4.78 is 24.1. The maximum absolute atomic E-state index is 10.2. The van der Waals surface area contributed by atoms with E-state index < -0.39 is 43.1 Å². The Hall–Kier alpha value is 1.38. The summed E-state index contributed by atoms with van der Waals surface area (Å²) in [6.07, 6.45) is 0. The van der Waals surface area contributed by atoms with Crippen LogP contribution in [0.2, 0.25) is 0 Å². The third kappa shape index (κ3) is 0.385. The summed E-state index contributed by atoms with van der Waals surface area (Å²) in [4.78, 5) is 0. The van der Waals surface area contributed by atoms with Gasteiger partial charge in [0.2, 0.25) is 0 Å². The normalized spacial score (nSPS) is 37.3. The molecule has 34 valence electrons. The first-order valence-electron chi connectivity index (χ1n) is 1.28. The quantitative estimate of drug-likeness (QED) is 0.490. The minimum absolute atomic E-state index is 2.12. The molecule has 0 spiro atoms. The molecule has 2 bridgehead atoms. The molecule has 0 aliphatic carbocycles. The van der Waals surface area contributed by atoms with Crippen LogP contribution in [0.1, 0.15) is 0 Å². The van der Waals surface area contributed by atoms with Crippen LogP contribution in [0.4, 0.5) is 0 Å². The Balaban J connectivity index is 2.39. The third-order valence-electron chi connectivity index (χ3n) is 0.500. The van der Waals surface area contributed by atoms with Gasteiger partial charge in [-0.1, -0.05) is 0 Å². The van der Waals surface area contributed by atoms with Gasteiger partial charge < -0.3 is 0 Å². The Morgan fingerprint density at radius 3 is 1.67 bits per heavy atom. The van der Waals surface area contributed by atoms with E-state index in [-0.39, 0.29) is 0 Å². The van der Waals surface area contributed by atoms with Crippen LogP contribution in [0.3, 0.4) is 0 Å². The van der Waals surface area contributed by atoms with Crippen molar-refractivity contribution in [3.63, 3.8) is 0 Å². The fourth-order valence-corrected chi connectivity index (χ4v) is 15.5. The average molecular weight is 395 g/mol. The summed E-state index contributed by atoms with van der Waals surface area (Å²) in [6, 6.07) is 0. The van der Waals surface area contributed by atoms with Gasteiger partial charge >= 0.3 is 49.4 Å². The van der Waals surface area contributed by atoms with Gasteiger partial charge in [0.1, 0.15) is 0 Å². The number of rotatable bonds is 0. The maximum atomic E-state index is 10.2. The van der Waals surface area contributed by atoms with Crippen molar-refractivity contribution in [1.82, 2.24) is 0 Å². The van der Waals surface area contributed by atoms with E-state index in [0.29, 0.717) is 0 Å². The molecule has 3 fully saturated rings. The van der Waals surface area contributed by atoms with Crippen LogP contribution in [0.25, 0.3) is 0 Å². The van der Waals surface area contributed by atoms with Crippen LogP contribution in [-0.4, -0.2) is 43.1 Å². The van der Waals surface area contributed by atoms with Gasteiger partial charge in [-0.25, -0.2) is 0 Å². The van der Waals surface area contributed by atoms with Crippen molar-refractivity contribution in [2.45, 2.75) is 0 Å². The zero-order chi connectivity index (χ0) is 4.20. The van der Waals surface area contributed by atoms with Crippen molar-refractivity contribution in [3.8, 4) is 0 Å². The summed E-state index contributed by atoms with van der Waals surface area (Å²) in [6.45, 7) is 0. The van der Waals surface area contributed by atoms with Gasteiger partial charge in [0.05, 0.1) is 0 Å². The van der Waals surface area contributed by atoms with Crippen molar-refractivity contribution in [3.05, 3.63) is 0 Å². The van der Waals surface area contributed by atoms with Crippen molar-refractivity contribution < 1.29 is 6.29 Å². The Bertz CT molecular complexity index is 106. The van der Waals surface area contributed by atoms with Gasteiger partial charge in [-0.2, -0.15) is 0 Å². The summed E-state index contributed by atoms with van der Waals surface area (Å²) in [7, 11) is 0. The Morgan fingerprint density at radius 1 is 1.33 bits per heavy atom. The van der Waals surface area contributed by atoms with Gasteiger partial charge in [0.25, 0.3) is 0 Å². The monoisotopic (exact) mass is 394 g/mol. The van der Waals surface area contributed by atoms with E-state index in [1.165, 1.54) is 0 Å². The molecule has 0 aromatic heterocycles. The molecular weight excluding hydrogens is 395 g/mol. The molecule has 0 unspecified atom stereocenters. The van der Waals surface area contributed by atoms with Crippen molar-refractivity contribution >= 4 is 43.1 Å². The van der Waals surface area contributed by atoms with E-state index >= 15 is 0 Å². The van der Waals surface area contributed by atoms with Crippen LogP contribution >= 0.6 is 0 Å². The molecule has 6 heavy (non-hydrogen) atoms. The van der Waals surface area contributed by atoms with Crippen LogP contribution < -0.4 is 0 Å². The zero-order valence-electron chi connectivity index (χ0n) is 2.53. The summed E-state index contributed by atoms with van der Waals surface area (Å²) in [5.41, 5.74) is 0. The predicted molar refractivity (Wildman–Crippen MR) is 15.4 cm³/mol. The molecule has 0 atom stereocenters.